The number of benzene rings is 4. The van der Waals surface area contributed by atoms with Crippen molar-refractivity contribution in [3.8, 4) is 0 Å². The van der Waals surface area contributed by atoms with Crippen LogP contribution in [0.1, 0.15) is 56.8 Å². The van der Waals surface area contributed by atoms with E-state index in [1.807, 2.05) is 61.5 Å². The van der Waals surface area contributed by atoms with Crippen molar-refractivity contribution in [3.05, 3.63) is 165 Å². The summed E-state index contributed by atoms with van der Waals surface area (Å²) in [5.41, 5.74) is 3.51. The quantitative estimate of drug-likeness (QED) is 0.0384. The van der Waals surface area contributed by atoms with Crippen LogP contribution >= 0.6 is 11.8 Å². The van der Waals surface area contributed by atoms with Gasteiger partial charge in [0.05, 0.1) is 4.92 Å². The number of allylic oxidation sites excluding steroid dienone is 5. The Morgan fingerprint density at radius 3 is 1.89 bits per heavy atom. The van der Waals surface area contributed by atoms with Gasteiger partial charge in [0.2, 0.25) is 5.78 Å². The van der Waals surface area contributed by atoms with Crippen LogP contribution in [0.4, 0.5) is 5.69 Å². The zero-order valence-electron chi connectivity index (χ0n) is 25.4. The van der Waals surface area contributed by atoms with E-state index in [0.29, 0.717) is 11.1 Å². The lowest BCUT2D eigenvalue weighted by atomic mass is 9.96. The van der Waals surface area contributed by atoms with E-state index in [-0.39, 0.29) is 33.9 Å². The number of hydrogen-bond donors (Lipinski definition) is 0. The smallest absolute Gasteiger partial charge is 0.318 e. The summed E-state index contributed by atoms with van der Waals surface area (Å²) in [6.45, 7) is 8.31. The molecule has 46 heavy (non-hydrogen) atoms. The Hall–Kier alpha value is -5.67. The minimum Gasteiger partial charge on any atom is -0.318 e. The average molecular weight is 631 g/mol. The summed E-state index contributed by atoms with van der Waals surface area (Å²) in [7, 11) is 0. The lowest BCUT2D eigenvalue weighted by Gasteiger charge is -2.10. The van der Waals surface area contributed by atoms with E-state index in [9.17, 15) is 24.5 Å². The Kier molecular flexibility index (Phi) is 11.1. The van der Waals surface area contributed by atoms with Crippen LogP contribution in [0.15, 0.2) is 137 Å². The normalized spacial score (nSPS) is 11.7. The van der Waals surface area contributed by atoms with E-state index in [0.717, 1.165) is 27.9 Å². The number of nitro benzene ring substituents is 1. The molecule has 0 radical (unpaired) electrons. The first-order valence-corrected chi connectivity index (χ1v) is 14.9. The third kappa shape index (κ3) is 8.28. The van der Waals surface area contributed by atoms with Crippen LogP contribution in [0, 0.1) is 17.0 Å². The molecule has 4 aromatic carbocycles. The highest BCUT2D eigenvalue weighted by Crippen LogP contribution is 2.29. The molecule has 9 heteroatoms. The van der Waals surface area contributed by atoms with E-state index < -0.39 is 16.7 Å². The van der Waals surface area contributed by atoms with Crippen molar-refractivity contribution < 1.29 is 24.1 Å². The van der Waals surface area contributed by atoms with Crippen LogP contribution in [0.3, 0.4) is 0 Å². The zero-order chi connectivity index (χ0) is 33.2. The number of hydrogen-bond acceptors (Lipinski definition) is 8. The first-order chi connectivity index (χ1) is 22.1. The number of rotatable bonds is 12. The first-order valence-electron chi connectivity index (χ1n) is 14.1. The minimum absolute atomic E-state index is 0.0793. The lowest BCUT2D eigenvalue weighted by molar-refractivity contribution is -0.385. The molecule has 0 aliphatic carbocycles. The number of nitro groups is 1. The van der Waals surface area contributed by atoms with Gasteiger partial charge in [0.15, 0.2) is 11.5 Å². The van der Waals surface area contributed by atoms with Gasteiger partial charge in [-0.2, -0.15) is 0 Å². The van der Waals surface area contributed by atoms with Gasteiger partial charge >= 0.3 is 5.97 Å². The third-order valence-electron chi connectivity index (χ3n) is 6.90. The Bertz CT molecular complexity index is 1890. The number of nitrogens with zero attached hydrogens (tertiary/aromatic N) is 2. The van der Waals surface area contributed by atoms with Crippen LogP contribution in [0.25, 0.3) is 5.57 Å². The largest absolute Gasteiger partial charge is 0.332 e. The van der Waals surface area contributed by atoms with Gasteiger partial charge in [0.25, 0.3) is 5.69 Å². The number of ketones is 2. The van der Waals surface area contributed by atoms with Crippen LogP contribution in [-0.2, 0) is 9.63 Å². The molecule has 0 saturated heterocycles. The van der Waals surface area contributed by atoms with E-state index in [4.69, 9.17) is 4.84 Å². The summed E-state index contributed by atoms with van der Waals surface area (Å²) >= 11 is 1.45. The summed E-state index contributed by atoms with van der Waals surface area (Å²) in [6, 6.07) is 25.8. The molecule has 4 rings (SSSR count). The molecule has 0 spiro atoms. The number of oxime groups is 1. The maximum atomic E-state index is 13.4. The first kappa shape index (κ1) is 33.2. The molecule has 8 nitrogen and oxygen atoms in total. The Balaban J connectivity index is 1.47. The van der Waals surface area contributed by atoms with E-state index in [1.54, 1.807) is 42.5 Å². The highest BCUT2D eigenvalue weighted by molar-refractivity contribution is 7.99. The minimum atomic E-state index is -0.735. The summed E-state index contributed by atoms with van der Waals surface area (Å²) < 4.78 is 0. The van der Waals surface area contributed by atoms with Gasteiger partial charge in [-0.3, -0.25) is 19.7 Å². The number of Topliss-reactive ketones (excluding diaryl/α,β-unsaturated/α-hetero) is 1. The summed E-state index contributed by atoms with van der Waals surface area (Å²) in [5, 5.41) is 15.2. The summed E-state index contributed by atoms with van der Waals surface area (Å²) in [5.74, 6) is -1.38. The summed E-state index contributed by atoms with van der Waals surface area (Å²) in [6.07, 6.45) is 7.46. The second-order valence-corrected chi connectivity index (χ2v) is 11.2. The molecule has 0 fully saturated rings. The molecule has 0 aliphatic heterocycles. The molecule has 0 N–H and O–H groups in total. The molecular formula is C37H30N2O6S. The molecule has 230 valence electrons. The monoisotopic (exact) mass is 630 g/mol. The van der Waals surface area contributed by atoms with Crippen LogP contribution in [-0.4, -0.2) is 28.2 Å². The van der Waals surface area contributed by atoms with Crippen molar-refractivity contribution in [2.75, 3.05) is 0 Å². The Morgan fingerprint density at radius 1 is 0.804 bits per heavy atom. The van der Waals surface area contributed by atoms with Crippen molar-refractivity contribution in [2.24, 2.45) is 5.16 Å². The van der Waals surface area contributed by atoms with Crippen molar-refractivity contribution in [1.29, 1.82) is 0 Å². The fraction of sp³-hybridized carbons (Fsp3) is 0.0811. The van der Waals surface area contributed by atoms with Crippen molar-refractivity contribution in [3.63, 3.8) is 0 Å². The molecule has 0 aromatic heterocycles. The predicted molar refractivity (Wildman–Crippen MR) is 180 cm³/mol. The molecule has 0 saturated carbocycles. The molecule has 0 bridgehead atoms. The van der Waals surface area contributed by atoms with Crippen molar-refractivity contribution >= 4 is 46.3 Å². The zero-order valence-corrected chi connectivity index (χ0v) is 26.2. The summed E-state index contributed by atoms with van der Waals surface area (Å²) in [4.78, 5) is 55.4. The molecule has 4 aromatic rings. The highest BCUT2D eigenvalue weighted by Gasteiger charge is 2.24. The SMILES string of the molecule is C=C/C=C\C=C(/C)c1ccc(C(=O)c2ccc(Sc3ccc(C(=O)/C(=N\OC(C)=O)c4cccc([N+](=O)[O-])c4C)cc3)cc2)cc1. The highest BCUT2D eigenvalue weighted by atomic mass is 32.2. The van der Waals surface area contributed by atoms with E-state index in [1.165, 1.54) is 36.9 Å². The van der Waals surface area contributed by atoms with Gasteiger partial charge in [-0.25, -0.2) is 4.79 Å². The molecular weight excluding hydrogens is 600 g/mol. The van der Waals surface area contributed by atoms with Crippen molar-refractivity contribution in [2.45, 2.75) is 30.6 Å². The molecule has 0 amide bonds. The standard InChI is InChI=1S/C37H30N2O6S/c1-5-6-7-9-24(2)27-12-14-28(15-13-27)36(41)29-16-20-31(21-17-29)46-32-22-18-30(19-23-32)37(42)35(38-45-26(4)40)33-10-8-11-34(25(33)3)39(43)44/h5-23H,1H2,2-4H3/b7-6-,24-9+,38-35-. The van der Waals surface area contributed by atoms with Gasteiger partial charge in [-0.15, -0.1) is 0 Å². The van der Waals surface area contributed by atoms with Crippen LogP contribution in [0.2, 0.25) is 0 Å². The predicted octanol–water partition coefficient (Wildman–Crippen LogP) is 8.58. The van der Waals surface area contributed by atoms with Gasteiger partial charge in [-0.1, -0.05) is 84.2 Å². The average Bonchev–Trinajstić information content (AvgIpc) is 3.05. The molecule has 0 aliphatic rings. The molecule has 0 unspecified atom stereocenters. The second kappa shape index (κ2) is 15.4. The van der Waals surface area contributed by atoms with Crippen molar-refractivity contribution in [1.82, 2.24) is 0 Å². The third-order valence-corrected chi connectivity index (χ3v) is 7.92. The fourth-order valence-electron chi connectivity index (χ4n) is 4.45. The van der Waals surface area contributed by atoms with Gasteiger partial charge in [-0.05, 0) is 73.5 Å². The topological polar surface area (TPSA) is 116 Å². The van der Waals surface area contributed by atoms with E-state index in [2.05, 4.69) is 11.7 Å². The maximum absolute atomic E-state index is 13.4. The molecule has 0 heterocycles. The lowest BCUT2D eigenvalue weighted by Crippen LogP contribution is -2.18. The Labute approximate surface area is 271 Å². The van der Waals surface area contributed by atoms with Gasteiger partial charge in [0, 0.05) is 50.6 Å². The number of carbonyl (C=O) groups is 3. The van der Waals surface area contributed by atoms with Crippen LogP contribution < -0.4 is 0 Å². The maximum Gasteiger partial charge on any atom is 0.332 e. The Morgan fingerprint density at radius 2 is 1.35 bits per heavy atom. The van der Waals surface area contributed by atoms with Gasteiger partial charge < -0.3 is 4.84 Å². The van der Waals surface area contributed by atoms with E-state index >= 15 is 0 Å². The second-order valence-electron chi connectivity index (χ2n) is 10.1. The fourth-order valence-corrected chi connectivity index (χ4v) is 5.26. The molecule has 0 atom stereocenters. The van der Waals surface area contributed by atoms with Gasteiger partial charge in [0.1, 0.15) is 0 Å². The number of carbonyl (C=O) groups excluding carboxylic acids is 3. The van der Waals surface area contributed by atoms with Crippen LogP contribution in [0.5, 0.6) is 0 Å².